The second kappa shape index (κ2) is 6.82. The van der Waals surface area contributed by atoms with Gasteiger partial charge in [0.2, 0.25) is 11.8 Å². The molecule has 0 spiro atoms. The summed E-state index contributed by atoms with van der Waals surface area (Å²) in [4.78, 5) is 31.6. The van der Waals surface area contributed by atoms with Crippen LogP contribution < -0.4 is 4.90 Å². The SMILES string of the molecule is O=C1CN(C(=O)C2(c3ccc(F)cc3)CC2)CCN1c1ccnc(C(F)(F)F)c1. The molecule has 1 aromatic carbocycles. The van der Waals surface area contributed by atoms with E-state index in [0.29, 0.717) is 18.4 Å². The maximum absolute atomic E-state index is 13.2. The van der Waals surface area contributed by atoms with Gasteiger partial charge in [-0.2, -0.15) is 13.2 Å². The van der Waals surface area contributed by atoms with Gasteiger partial charge in [-0.15, -0.1) is 0 Å². The Morgan fingerprint density at radius 3 is 2.34 bits per heavy atom. The number of nitrogens with zero attached hydrogens (tertiary/aromatic N) is 3. The molecule has 0 unspecified atom stereocenters. The van der Waals surface area contributed by atoms with Gasteiger partial charge in [0.15, 0.2) is 0 Å². The largest absolute Gasteiger partial charge is 0.433 e. The summed E-state index contributed by atoms with van der Waals surface area (Å²) in [6, 6.07) is 7.92. The second-order valence-electron chi connectivity index (χ2n) is 7.26. The second-order valence-corrected chi connectivity index (χ2v) is 7.26. The van der Waals surface area contributed by atoms with Crippen molar-refractivity contribution in [1.29, 1.82) is 0 Å². The molecule has 29 heavy (non-hydrogen) atoms. The molecule has 1 saturated carbocycles. The van der Waals surface area contributed by atoms with Crippen molar-refractivity contribution >= 4 is 17.5 Å². The smallest absolute Gasteiger partial charge is 0.331 e. The highest BCUT2D eigenvalue weighted by Gasteiger charge is 2.53. The van der Waals surface area contributed by atoms with Crippen molar-refractivity contribution in [2.75, 3.05) is 24.5 Å². The first-order valence-corrected chi connectivity index (χ1v) is 9.10. The molecule has 2 fully saturated rings. The average Bonchev–Trinajstić information content (AvgIpc) is 3.49. The zero-order chi connectivity index (χ0) is 20.8. The van der Waals surface area contributed by atoms with Crippen LogP contribution in [0, 0.1) is 5.82 Å². The zero-order valence-corrected chi connectivity index (χ0v) is 15.2. The van der Waals surface area contributed by atoms with Gasteiger partial charge in [0.05, 0.1) is 5.41 Å². The normalized spacial score (nSPS) is 18.7. The number of carbonyl (C=O) groups is 2. The maximum atomic E-state index is 13.2. The monoisotopic (exact) mass is 407 g/mol. The van der Waals surface area contributed by atoms with Crippen LogP contribution in [0.25, 0.3) is 0 Å². The van der Waals surface area contributed by atoms with Crippen LogP contribution in [-0.4, -0.2) is 41.3 Å². The fourth-order valence-electron chi connectivity index (χ4n) is 3.68. The van der Waals surface area contributed by atoms with Gasteiger partial charge in [-0.05, 0) is 42.7 Å². The lowest BCUT2D eigenvalue weighted by molar-refractivity contribution is -0.141. The summed E-state index contributed by atoms with van der Waals surface area (Å²) < 4.78 is 51.8. The maximum Gasteiger partial charge on any atom is 0.433 e. The summed E-state index contributed by atoms with van der Waals surface area (Å²) in [5, 5.41) is 0. The summed E-state index contributed by atoms with van der Waals surface area (Å²) in [5.74, 6) is -1.06. The highest BCUT2D eigenvalue weighted by Crippen LogP contribution is 2.49. The van der Waals surface area contributed by atoms with Crippen LogP contribution >= 0.6 is 0 Å². The quantitative estimate of drug-likeness (QED) is 0.735. The Kier molecular flexibility index (Phi) is 4.55. The molecule has 1 aliphatic carbocycles. The minimum atomic E-state index is -4.61. The molecule has 9 heteroatoms. The van der Waals surface area contributed by atoms with E-state index in [4.69, 9.17) is 0 Å². The molecule has 0 atom stereocenters. The Hall–Kier alpha value is -2.97. The Bertz CT molecular complexity index is 955. The van der Waals surface area contributed by atoms with Crippen LogP contribution in [0.4, 0.5) is 23.2 Å². The molecule has 152 valence electrons. The van der Waals surface area contributed by atoms with Crippen molar-refractivity contribution in [2.45, 2.75) is 24.4 Å². The third-order valence-electron chi connectivity index (χ3n) is 5.41. The van der Waals surface area contributed by atoms with E-state index in [1.165, 1.54) is 28.0 Å². The van der Waals surface area contributed by atoms with E-state index >= 15 is 0 Å². The number of anilines is 1. The first kappa shape index (κ1) is 19.4. The molecule has 1 aromatic heterocycles. The number of alkyl halides is 3. The van der Waals surface area contributed by atoms with Gasteiger partial charge < -0.3 is 9.80 Å². The summed E-state index contributed by atoms with van der Waals surface area (Å²) >= 11 is 0. The van der Waals surface area contributed by atoms with E-state index in [0.717, 1.165) is 12.3 Å². The topological polar surface area (TPSA) is 53.5 Å². The number of pyridine rings is 1. The standard InChI is InChI=1S/C20H17F4N3O2/c21-14-3-1-13(2-4-14)19(6-7-19)18(29)26-9-10-27(17(28)12-26)15-5-8-25-16(11-15)20(22,23)24/h1-5,8,11H,6-7,9-10,12H2. The number of benzene rings is 1. The molecule has 2 amide bonds. The highest BCUT2D eigenvalue weighted by atomic mass is 19.4. The van der Waals surface area contributed by atoms with Gasteiger partial charge in [0.1, 0.15) is 18.1 Å². The Balaban J connectivity index is 1.49. The summed E-state index contributed by atoms with van der Waals surface area (Å²) in [6.45, 7) is 0.0774. The highest BCUT2D eigenvalue weighted by molar-refractivity contribution is 6.00. The zero-order valence-electron chi connectivity index (χ0n) is 15.2. The molecule has 2 aromatic rings. The molecule has 0 N–H and O–H groups in total. The number of rotatable bonds is 3. The van der Waals surface area contributed by atoms with Gasteiger partial charge in [-0.1, -0.05) is 12.1 Å². The van der Waals surface area contributed by atoms with Crippen LogP contribution in [0.5, 0.6) is 0 Å². The van der Waals surface area contributed by atoms with Gasteiger partial charge in [-0.25, -0.2) is 4.39 Å². The van der Waals surface area contributed by atoms with E-state index in [2.05, 4.69) is 4.98 Å². The Labute approximate surface area is 163 Å². The number of carbonyl (C=O) groups excluding carboxylic acids is 2. The number of piperazine rings is 1. The fraction of sp³-hybridized carbons (Fsp3) is 0.350. The molecule has 1 saturated heterocycles. The molecule has 2 heterocycles. The molecular weight excluding hydrogens is 390 g/mol. The summed E-state index contributed by atoms with van der Waals surface area (Å²) in [7, 11) is 0. The van der Waals surface area contributed by atoms with Crippen molar-refractivity contribution in [3.63, 3.8) is 0 Å². The number of halogens is 4. The van der Waals surface area contributed by atoms with Crippen LogP contribution in [0.1, 0.15) is 24.1 Å². The Morgan fingerprint density at radius 2 is 1.76 bits per heavy atom. The number of amides is 2. The molecule has 0 radical (unpaired) electrons. The molecule has 4 rings (SSSR count). The van der Waals surface area contributed by atoms with Gasteiger partial charge in [-0.3, -0.25) is 14.6 Å². The lowest BCUT2D eigenvalue weighted by Crippen LogP contribution is -2.54. The van der Waals surface area contributed by atoms with Crippen LogP contribution in [0.15, 0.2) is 42.6 Å². The number of hydrogen-bond donors (Lipinski definition) is 0. The lowest BCUT2D eigenvalue weighted by Gasteiger charge is -2.36. The molecule has 0 bridgehead atoms. The average molecular weight is 407 g/mol. The predicted octanol–water partition coefficient (Wildman–Crippen LogP) is 3.15. The minimum absolute atomic E-state index is 0.0887. The molecular formula is C20H17F4N3O2. The minimum Gasteiger partial charge on any atom is -0.331 e. The Morgan fingerprint density at radius 1 is 1.07 bits per heavy atom. The third kappa shape index (κ3) is 3.56. The lowest BCUT2D eigenvalue weighted by atomic mass is 9.94. The molecule has 5 nitrogen and oxygen atoms in total. The van der Waals surface area contributed by atoms with E-state index in [1.54, 1.807) is 12.1 Å². The fourth-order valence-corrected chi connectivity index (χ4v) is 3.68. The molecule has 1 aliphatic heterocycles. The number of hydrogen-bond acceptors (Lipinski definition) is 3. The van der Waals surface area contributed by atoms with Crippen molar-refractivity contribution in [3.8, 4) is 0 Å². The summed E-state index contributed by atoms with van der Waals surface area (Å²) in [6.07, 6.45) is -2.36. The van der Waals surface area contributed by atoms with Crippen molar-refractivity contribution in [2.24, 2.45) is 0 Å². The first-order valence-electron chi connectivity index (χ1n) is 9.10. The summed E-state index contributed by atoms with van der Waals surface area (Å²) in [5.41, 5.74) is -1.00. The molecule has 2 aliphatic rings. The van der Waals surface area contributed by atoms with Crippen molar-refractivity contribution < 1.29 is 27.2 Å². The van der Waals surface area contributed by atoms with Crippen LogP contribution in [-0.2, 0) is 21.2 Å². The van der Waals surface area contributed by atoms with Gasteiger partial charge >= 0.3 is 6.18 Å². The number of aromatic nitrogens is 1. The van der Waals surface area contributed by atoms with E-state index in [1.807, 2.05) is 0 Å². The predicted molar refractivity (Wildman–Crippen MR) is 95.5 cm³/mol. The van der Waals surface area contributed by atoms with Crippen LogP contribution in [0.2, 0.25) is 0 Å². The third-order valence-corrected chi connectivity index (χ3v) is 5.41. The van der Waals surface area contributed by atoms with Crippen molar-refractivity contribution in [3.05, 3.63) is 59.7 Å². The van der Waals surface area contributed by atoms with Crippen molar-refractivity contribution in [1.82, 2.24) is 9.88 Å². The van der Waals surface area contributed by atoms with Gasteiger partial charge in [0, 0.05) is 25.0 Å². The first-order chi connectivity index (χ1) is 13.7. The van der Waals surface area contributed by atoms with Gasteiger partial charge in [0.25, 0.3) is 0 Å². The van der Waals surface area contributed by atoms with E-state index in [-0.39, 0.29) is 31.2 Å². The van der Waals surface area contributed by atoms with E-state index in [9.17, 15) is 27.2 Å². The van der Waals surface area contributed by atoms with E-state index < -0.39 is 29.0 Å². The van der Waals surface area contributed by atoms with Crippen LogP contribution in [0.3, 0.4) is 0 Å².